The van der Waals surface area contributed by atoms with Crippen LogP contribution in [0.2, 0.25) is 0 Å². The summed E-state index contributed by atoms with van der Waals surface area (Å²) >= 11 is 12.0. The number of hydrogen-bond donors (Lipinski definition) is 9. The van der Waals surface area contributed by atoms with Crippen LogP contribution in [-0.4, -0.2) is 82.2 Å². The molecule has 0 saturated heterocycles. The number of carbonyl (C=O) groups excluding carboxylic acids is 4. The normalized spacial score (nSPS) is 15.5. The van der Waals surface area contributed by atoms with Crippen molar-refractivity contribution in [2.24, 2.45) is 17.6 Å². The van der Waals surface area contributed by atoms with Crippen LogP contribution >= 0.6 is 37.9 Å². The van der Waals surface area contributed by atoms with Gasteiger partial charge in [0.05, 0.1) is 6.04 Å². The number of thiol groups is 3. The number of carbonyl (C=O) groups is 5. The highest BCUT2D eigenvalue weighted by atomic mass is 32.1. The Morgan fingerprint density at radius 1 is 0.629 bits per heavy atom. The molecule has 0 aliphatic heterocycles. The van der Waals surface area contributed by atoms with Crippen LogP contribution in [0, 0.1) is 11.8 Å². The number of carboxylic acids is 1. The van der Waals surface area contributed by atoms with Gasteiger partial charge in [0.15, 0.2) is 0 Å². The predicted octanol–water partition coefficient (Wildman–Crippen LogP) is -0.781. The van der Waals surface area contributed by atoms with E-state index in [4.69, 9.17) is 5.73 Å². The van der Waals surface area contributed by atoms with Crippen molar-refractivity contribution >= 4 is 67.5 Å². The molecule has 0 fully saturated rings. The van der Waals surface area contributed by atoms with E-state index in [2.05, 4.69) is 59.2 Å². The molecule has 0 unspecified atom stereocenters. The van der Waals surface area contributed by atoms with Crippen molar-refractivity contribution in [3.8, 4) is 0 Å². The standard InChI is InChI=1S/C21H39N5O6S3/c1-10(2)5-13(24-20(30)15(8-34)25-17(27)12(22)7-33)18(28)23-14(6-11(3)4)19(29)26-16(9-35)21(31)32/h10-16,33-35H,5-9,22H2,1-4H3,(H,23,28)(H,24,30)(H,25,27)(H,26,29)(H,31,32)/t12-,13-,14-,15-,16-/m0/s1. The van der Waals surface area contributed by atoms with E-state index in [1.807, 2.05) is 27.7 Å². The second kappa shape index (κ2) is 16.9. The van der Waals surface area contributed by atoms with Gasteiger partial charge in [0, 0.05) is 17.3 Å². The van der Waals surface area contributed by atoms with Crippen molar-refractivity contribution in [2.45, 2.75) is 70.7 Å². The maximum atomic E-state index is 13.1. The molecule has 0 radical (unpaired) electrons. The Morgan fingerprint density at radius 3 is 1.29 bits per heavy atom. The molecule has 0 aliphatic carbocycles. The molecule has 5 atom stereocenters. The fraction of sp³-hybridized carbons (Fsp3) is 0.762. The Bertz CT molecular complexity index is 740. The van der Waals surface area contributed by atoms with E-state index in [9.17, 15) is 29.1 Å². The molecular weight excluding hydrogens is 514 g/mol. The molecule has 0 bridgehead atoms. The summed E-state index contributed by atoms with van der Waals surface area (Å²) in [5.74, 6) is -3.79. The lowest BCUT2D eigenvalue weighted by Gasteiger charge is -2.27. The number of nitrogens with two attached hydrogens (primary N) is 1. The van der Waals surface area contributed by atoms with Crippen molar-refractivity contribution in [3.63, 3.8) is 0 Å². The van der Waals surface area contributed by atoms with E-state index in [1.54, 1.807) is 0 Å². The largest absolute Gasteiger partial charge is 0.480 e. The molecule has 4 amide bonds. The van der Waals surface area contributed by atoms with Gasteiger partial charge in [0.1, 0.15) is 24.2 Å². The van der Waals surface area contributed by atoms with Crippen LogP contribution in [0.25, 0.3) is 0 Å². The van der Waals surface area contributed by atoms with Crippen LogP contribution in [-0.2, 0) is 24.0 Å². The van der Waals surface area contributed by atoms with Crippen molar-refractivity contribution in [3.05, 3.63) is 0 Å². The molecule has 14 heteroatoms. The Balaban J connectivity index is 5.58. The van der Waals surface area contributed by atoms with Gasteiger partial charge in [-0.25, -0.2) is 4.79 Å². The summed E-state index contributed by atoms with van der Waals surface area (Å²) in [4.78, 5) is 62.0. The van der Waals surface area contributed by atoms with Gasteiger partial charge in [0.2, 0.25) is 23.6 Å². The first-order valence-corrected chi connectivity index (χ1v) is 13.2. The molecule has 0 rings (SSSR count). The minimum absolute atomic E-state index is 0.00304. The van der Waals surface area contributed by atoms with Gasteiger partial charge >= 0.3 is 5.97 Å². The number of hydrogen-bond acceptors (Lipinski definition) is 9. The van der Waals surface area contributed by atoms with Crippen LogP contribution in [0.15, 0.2) is 0 Å². The number of rotatable bonds is 16. The first kappa shape index (κ1) is 33.4. The highest BCUT2D eigenvalue weighted by molar-refractivity contribution is 7.80. The zero-order valence-electron chi connectivity index (χ0n) is 20.5. The van der Waals surface area contributed by atoms with Crippen LogP contribution in [0.1, 0.15) is 40.5 Å². The number of nitrogens with one attached hydrogen (secondary N) is 4. The van der Waals surface area contributed by atoms with E-state index in [0.717, 1.165) is 0 Å². The molecule has 202 valence electrons. The summed E-state index contributed by atoms with van der Waals surface area (Å²) < 4.78 is 0. The van der Waals surface area contributed by atoms with Gasteiger partial charge in [-0.2, -0.15) is 37.9 Å². The van der Waals surface area contributed by atoms with E-state index in [-0.39, 0.29) is 41.9 Å². The predicted molar refractivity (Wildman–Crippen MR) is 144 cm³/mol. The molecule has 0 saturated carbocycles. The monoisotopic (exact) mass is 553 g/mol. The molecule has 0 aliphatic rings. The summed E-state index contributed by atoms with van der Waals surface area (Å²) in [7, 11) is 0. The van der Waals surface area contributed by atoms with Gasteiger partial charge in [-0.05, 0) is 24.7 Å². The quantitative estimate of drug-likeness (QED) is 0.112. The average Bonchev–Trinajstić information content (AvgIpc) is 2.77. The van der Waals surface area contributed by atoms with E-state index in [0.29, 0.717) is 0 Å². The fourth-order valence-corrected chi connectivity index (χ4v) is 3.63. The van der Waals surface area contributed by atoms with Crippen molar-refractivity contribution < 1.29 is 29.1 Å². The Morgan fingerprint density at radius 2 is 0.971 bits per heavy atom. The minimum Gasteiger partial charge on any atom is -0.480 e. The number of carboxylic acid groups (broad SMARTS) is 1. The van der Waals surface area contributed by atoms with Gasteiger partial charge in [-0.1, -0.05) is 27.7 Å². The first-order valence-electron chi connectivity index (χ1n) is 11.3. The minimum atomic E-state index is -1.24. The second-order valence-corrected chi connectivity index (χ2v) is 10.1. The summed E-state index contributed by atoms with van der Waals surface area (Å²) in [6.07, 6.45) is 0.501. The zero-order chi connectivity index (χ0) is 27.3. The lowest BCUT2D eigenvalue weighted by molar-refractivity contribution is -0.141. The summed E-state index contributed by atoms with van der Waals surface area (Å²) in [6, 6.07) is -5.20. The maximum absolute atomic E-state index is 13.1. The molecular formula is C21H39N5O6S3. The van der Waals surface area contributed by atoms with Crippen molar-refractivity contribution in [1.29, 1.82) is 0 Å². The molecule has 11 nitrogen and oxygen atoms in total. The van der Waals surface area contributed by atoms with E-state index in [1.165, 1.54) is 0 Å². The third-order valence-electron chi connectivity index (χ3n) is 4.83. The SMILES string of the molecule is CC(C)C[C@H](NC(=O)[C@H](CC(C)C)NC(=O)[C@H](CS)NC(=O)[C@@H](N)CS)C(=O)N[C@@H](CS)C(=O)O. The average molecular weight is 554 g/mol. The molecule has 0 heterocycles. The van der Waals surface area contributed by atoms with Crippen molar-refractivity contribution in [1.82, 2.24) is 21.3 Å². The Kier molecular flexibility index (Phi) is 16.1. The molecule has 7 N–H and O–H groups in total. The topological polar surface area (TPSA) is 180 Å². The third-order valence-corrected chi connectivity index (χ3v) is 5.95. The summed E-state index contributed by atoms with van der Waals surface area (Å²) in [6.45, 7) is 7.42. The molecule has 0 spiro atoms. The highest BCUT2D eigenvalue weighted by Gasteiger charge is 2.31. The number of amides is 4. The lowest BCUT2D eigenvalue weighted by atomic mass is 9.99. The van der Waals surface area contributed by atoms with Gasteiger partial charge in [0.25, 0.3) is 0 Å². The smallest absolute Gasteiger partial charge is 0.327 e. The van der Waals surface area contributed by atoms with Crippen molar-refractivity contribution in [2.75, 3.05) is 17.3 Å². The second-order valence-electron chi connectivity index (χ2n) is 9.00. The third kappa shape index (κ3) is 12.8. The van der Waals surface area contributed by atoms with Crippen LogP contribution in [0.3, 0.4) is 0 Å². The highest BCUT2D eigenvalue weighted by Crippen LogP contribution is 2.10. The maximum Gasteiger partial charge on any atom is 0.327 e. The van der Waals surface area contributed by atoms with Gasteiger partial charge in [-0.15, -0.1) is 0 Å². The zero-order valence-corrected chi connectivity index (χ0v) is 23.2. The van der Waals surface area contributed by atoms with Crippen LogP contribution in [0.4, 0.5) is 0 Å². The Hall–Kier alpha value is -1.64. The van der Waals surface area contributed by atoms with Gasteiger partial charge in [-0.3, -0.25) is 19.2 Å². The number of aliphatic carboxylic acids is 1. The first-order chi connectivity index (χ1) is 16.3. The lowest BCUT2D eigenvalue weighted by Crippen LogP contribution is -2.59. The molecule has 0 aromatic rings. The molecule has 35 heavy (non-hydrogen) atoms. The fourth-order valence-electron chi connectivity index (χ4n) is 2.96. The van der Waals surface area contributed by atoms with E-state index < -0.39 is 59.8 Å². The van der Waals surface area contributed by atoms with Crippen LogP contribution in [0.5, 0.6) is 0 Å². The van der Waals surface area contributed by atoms with Gasteiger partial charge < -0.3 is 32.1 Å². The molecule has 0 aromatic carbocycles. The Labute approximate surface area is 223 Å². The summed E-state index contributed by atoms with van der Waals surface area (Å²) in [5, 5.41) is 19.3. The van der Waals surface area contributed by atoms with Crippen LogP contribution < -0.4 is 27.0 Å². The summed E-state index contributed by atoms with van der Waals surface area (Å²) in [5.41, 5.74) is 5.63. The molecule has 0 aromatic heterocycles. The van der Waals surface area contributed by atoms with E-state index >= 15 is 0 Å².